The van der Waals surface area contributed by atoms with Crippen LogP contribution in [-0.2, 0) is 16.0 Å². The molecule has 32 heavy (non-hydrogen) atoms. The van der Waals surface area contributed by atoms with Gasteiger partial charge in [0.05, 0.1) is 13.5 Å². The van der Waals surface area contributed by atoms with E-state index in [2.05, 4.69) is 62.6 Å². The second-order valence-corrected chi connectivity index (χ2v) is 8.54. The van der Waals surface area contributed by atoms with E-state index >= 15 is 0 Å². The summed E-state index contributed by atoms with van der Waals surface area (Å²) in [5, 5.41) is 3.32. The van der Waals surface area contributed by atoms with Crippen LogP contribution in [0.5, 0.6) is 0 Å². The molecule has 0 atom stereocenters. The van der Waals surface area contributed by atoms with Crippen molar-refractivity contribution in [1.82, 2.24) is 4.98 Å². The van der Waals surface area contributed by atoms with Crippen LogP contribution in [0.25, 0.3) is 22.3 Å². The van der Waals surface area contributed by atoms with Crippen LogP contribution in [0.15, 0.2) is 36.5 Å². The predicted molar refractivity (Wildman–Crippen MR) is 128 cm³/mol. The monoisotopic (exact) mass is 434 g/mol. The molecule has 4 nitrogen and oxygen atoms in total. The van der Waals surface area contributed by atoms with Crippen LogP contribution >= 0.6 is 0 Å². The van der Waals surface area contributed by atoms with Crippen molar-refractivity contribution in [3.8, 4) is 22.3 Å². The number of anilines is 1. The van der Waals surface area contributed by atoms with Crippen molar-refractivity contribution in [3.05, 3.63) is 70.2 Å². The van der Waals surface area contributed by atoms with Gasteiger partial charge in [0, 0.05) is 17.8 Å². The smallest absolute Gasteiger partial charge is 0.310 e. The zero-order valence-electron chi connectivity index (χ0n) is 19.9. The summed E-state index contributed by atoms with van der Waals surface area (Å²) in [6, 6.07) is 9.47. The summed E-state index contributed by atoms with van der Waals surface area (Å²) in [4.78, 5) is 16.1. The van der Waals surface area contributed by atoms with Gasteiger partial charge in [-0.25, -0.2) is 9.37 Å². The number of rotatable bonds is 6. The molecule has 0 amide bonds. The van der Waals surface area contributed by atoms with Crippen LogP contribution in [-0.4, -0.2) is 24.1 Å². The van der Waals surface area contributed by atoms with Crippen molar-refractivity contribution in [2.75, 3.05) is 12.4 Å². The molecule has 5 heteroatoms. The molecule has 1 N–H and O–H groups in total. The summed E-state index contributed by atoms with van der Waals surface area (Å²) in [5.41, 5.74) is 8.89. The Morgan fingerprint density at radius 1 is 0.969 bits per heavy atom. The van der Waals surface area contributed by atoms with E-state index in [0.717, 1.165) is 50.3 Å². The fourth-order valence-corrected chi connectivity index (χ4v) is 4.18. The molecule has 0 unspecified atom stereocenters. The second kappa shape index (κ2) is 9.51. The van der Waals surface area contributed by atoms with Gasteiger partial charge in [-0.3, -0.25) is 4.79 Å². The third kappa shape index (κ3) is 4.67. The molecule has 0 aliphatic heterocycles. The molecule has 1 heterocycles. The fourth-order valence-electron chi connectivity index (χ4n) is 4.18. The maximum absolute atomic E-state index is 14.7. The van der Waals surface area contributed by atoms with E-state index in [1.165, 1.54) is 13.2 Å². The number of carbonyl (C=O) groups excluding carboxylic acids is 1. The number of esters is 1. The molecule has 168 valence electrons. The molecule has 0 radical (unpaired) electrons. The van der Waals surface area contributed by atoms with Gasteiger partial charge in [0.15, 0.2) is 0 Å². The van der Waals surface area contributed by atoms with Gasteiger partial charge in [0.2, 0.25) is 0 Å². The molecule has 0 aliphatic carbocycles. The van der Waals surface area contributed by atoms with Gasteiger partial charge in [0.1, 0.15) is 11.6 Å². The number of methoxy groups -OCH3 is 1. The van der Waals surface area contributed by atoms with Crippen molar-refractivity contribution in [2.24, 2.45) is 0 Å². The molecule has 0 aliphatic rings. The zero-order chi connectivity index (χ0) is 23.6. The number of nitrogens with one attached hydrogen (secondary N) is 1. The largest absolute Gasteiger partial charge is 0.469 e. The van der Waals surface area contributed by atoms with Crippen LogP contribution in [0, 0.1) is 33.5 Å². The Bertz CT molecular complexity index is 1120. The molecule has 0 fully saturated rings. The number of hydrogen-bond acceptors (Lipinski definition) is 4. The Morgan fingerprint density at radius 2 is 1.53 bits per heavy atom. The zero-order valence-corrected chi connectivity index (χ0v) is 19.9. The number of halogens is 1. The Labute approximate surface area is 189 Å². The first-order valence-corrected chi connectivity index (χ1v) is 10.8. The van der Waals surface area contributed by atoms with Gasteiger partial charge in [-0.1, -0.05) is 12.1 Å². The highest BCUT2D eigenvalue weighted by molar-refractivity contribution is 5.83. The van der Waals surface area contributed by atoms with E-state index in [0.29, 0.717) is 11.6 Å². The highest BCUT2D eigenvalue weighted by atomic mass is 19.1. The van der Waals surface area contributed by atoms with Crippen LogP contribution in [0.1, 0.15) is 41.7 Å². The lowest BCUT2D eigenvalue weighted by Crippen LogP contribution is -2.10. The molecular formula is C27H31FN2O2. The number of ether oxygens (including phenoxy) is 1. The Hall–Kier alpha value is -3.21. The van der Waals surface area contributed by atoms with E-state index in [4.69, 9.17) is 0 Å². The van der Waals surface area contributed by atoms with Gasteiger partial charge in [-0.2, -0.15) is 0 Å². The quantitative estimate of drug-likeness (QED) is 0.461. The second-order valence-electron chi connectivity index (χ2n) is 8.54. The summed E-state index contributed by atoms with van der Waals surface area (Å²) in [5.74, 6) is -0.00145. The van der Waals surface area contributed by atoms with E-state index in [9.17, 15) is 9.18 Å². The molecule has 0 bridgehead atoms. The normalized spacial score (nSPS) is 11.0. The van der Waals surface area contributed by atoms with Crippen molar-refractivity contribution in [1.29, 1.82) is 0 Å². The number of aromatic nitrogens is 1. The SMILES string of the molecule is COC(=O)Cc1ccc(-c2c(C)c(C)c(-c3ccc(NC(C)C)nc3)c(C)c2C)cc1F. The lowest BCUT2D eigenvalue weighted by Gasteiger charge is -2.21. The van der Waals surface area contributed by atoms with Crippen molar-refractivity contribution in [2.45, 2.75) is 54.0 Å². The summed E-state index contributed by atoms with van der Waals surface area (Å²) >= 11 is 0. The third-order valence-corrected chi connectivity index (χ3v) is 6.02. The van der Waals surface area contributed by atoms with Crippen LogP contribution in [0.2, 0.25) is 0 Å². The molecule has 0 saturated carbocycles. The number of pyridine rings is 1. The predicted octanol–water partition coefficient (Wildman–Crippen LogP) is 6.32. The molecule has 2 aromatic carbocycles. The number of carbonyl (C=O) groups is 1. The van der Waals surface area contributed by atoms with Crippen molar-refractivity contribution in [3.63, 3.8) is 0 Å². The minimum Gasteiger partial charge on any atom is -0.469 e. The number of nitrogens with zero attached hydrogens (tertiary/aromatic N) is 1. The lowest BCUT2D eigenvalue weighted by molar-refractivity contribution is -0.139. The first-order chi connectivity index (χ1) is 15.1. The summed E-state index contributed by atoms with van der Waals surface area (Å²) in [6.07, 6.45) is 1.83. The molecule has 0 saturated heterocycles. The minimum absolute atomic E-state index is 0.0772. The number of hydrogen-bond donors (Lipinski definition) is 1. The Kier molecular flexibility index (Phi) is 6.97. The summed E-state index contributed by atoms with van der Waals surface area (Å²) in [6.45, 7) is 12.5. The molecule has 0 spiro atoms. The summed E-state index contributed by atoms with van der Waals surface area (Å²) in [7, 11) is 1.30. The standard InChI is InChI=1S/C27H31FN2O2/c1-15(2)30-24-11-10-22(14-29-24)27-18(5)16(3)26(17(4)19(27)6)21-9-8-20(23(28)12-21)13-25(31)32-7/h8-12,14-15H,13H2,1-7H3,(H,29,30). The number of benzene rings is 2. The highest BCUT2D eigenvalue weighted by Gasteiger charge is 2.19. The maximum atomic E-state index is 14.7. The van der Waals surface area contributed by atoms with Crippen LogP contribution in [0.4, 0.5) is 10.2 Å². The molecule has 3 rings (SSSR count). The Balaban J connectivity index is 2.06. The van der Waals surface area contributed by atoms with E-state index < -0.39 is 11.8 Å². The van der Waals surface area contributed by atoms with Gasteiger partial charge < -0.3 is 10.1 Å². The lowest BCUT2D eigenvalue weighted by atomic mass is 9.83. The fraction of sp³-hybridized carbons (Fsp3) is 0.333. The molecule has 3 aromatic rings. The van der Waals surface area contributed by atoms with Crippen LogP contribution < -0.4 is 5.32 Å². The van der Waals surface area contributed by atoms with Crippen molar-refractivity contribution >= 4 is 11.8 Å². The van der Waals surface area contributed by atoms with E-state index in [-0.39, 0.29) is 6.42 Å². The first-order valence-electron chi connectivity index (χ1n) is 10.8. The maximum Gasteiger partial charge on any atom is 0.310 e. The highest BCUT2D eigenvalue weighted by Crippen LogP contribution is 2.39. The van der Waals surface area contributed by atoms with Gasteiger partial charge in [-0.15, -0.1) is 0 Å². The van der Waals surface area contributed by atoms with Gasteiger partial charge in [0.25, 0.3) is 0 Å². The minimum atomic E-state index is -0.455. The average molecular weight is 435 g/mol. The first kappa shape index (κ1) is 23.5. The van der Waals surface area contributed by atoms with Gasteiger partial charge in [-0.05, 0) is 104 Å². The molecular weight excluding hydrogens is 403 g/mol. The van der Waals surface area contributed by atoms with E-state index in [1.54, 1.807) is 6.07 Å². The summed E-state index contributed by atoms with van der Waals surface area (Å²) < 4.78 is 19.4. The van der Waals surface area contributed by atoms with E-state index in [1.807, 2.05) is 18.3 Å². The van der Waals surface area contributed by atoms with Gasteiger partial charge >= 0.3 is 5.97 Å². The third-order valence-electron chi connectivity index (χ3n) is 6.02. The Morgan fingerprint density at radius 3 is 2.00 bits per heavy atom. The van der Waals surface area contributed by atoms with Crippen LogP contribution in [0.3, 0.4) is 0 Å². The topological polar surface area (TPSA) is 51.2 Å². The van der Waals surface area contributed by atoms with Crippen molar-refractivity contribution < 1.29 is 13.9 Å². The molecule has 1 aromatic heterocycles. The average Bonchev–Trinajstić information content (AvgIpc) is 2.75.